The van der Waals surface area contributed by atoms with Gasteiger partial charge in [0.25, 0.3) is 5.91 Å². The van der Waals surface area contributed by atoms with Gasteiger partial charge in [-0.3, -0.25) is 4.79 Å². The monoisotopic (exact) mass is 492 g/mol. The summed E-state index contributed by atoms with van der Waals surface area (Å²) < 4.78 is 7.39. The van der Waals surface area contributed by atoms with Gasteiger partial charge in [-0.1, -0.05) is 42.5 Å². The van der Waals surface area contributed by atoms with E-state index in [2.05, 4.69) is 38.6 Å². The van der Waals surface area contributed by atoms with Crippen LogP contribution < -0.4 is 9.64 Å². The van der Waals surface area contributed by atoms with Crippen molar-refractivity contribution in [3.05, 3.63) is 83.9 Å². The van der Waals surface area contributed by atoms with Gasteiger partial charge >= 0.3 is 0 Å². The number of rotatable bonds is 4. The highest BCUT2D eigenvalue weighted by Crippen LogP contribution is 2.30. The fourth-order valence-electron chi connectivity index (χ4n) is 5.04. The minimum atomic E-state index is 0.0160. The van der Waals surface area contributed by atoms with E-state index >= 15 is 0 Å². The molecule has 0 saturated carbocycles. The molecule has 0 bridgehead atoms. The number of aromatic nitrogens is 4. The maximum atomic E-state index is 13.3. The van der Waals surface area contributed by atoms with Gasteiger partial charge in [-0.2, -0.15) is 0 Å². The number of ether oxygens (including phenoxy) is 1. The lowest BCUT2D eigenvalue weighted by molar-refractivity contribution is 0.0766. The van der Waals surface area contributed by atoms with Crippen LogP contribution in [0, 0.1) is 6.92 Å². The van der Waals surface area contributed by atoms with Crippen LogP contribution in [-0.4, -0.2) is 63.7 Å². The number of methoxy groups -OCH3 is 1. The Morgan fingerprint density at radius 3 is 2.59 bits per heavy atom. The van der Waals surface area contributed by atoms with Crippen LogP contribution in [0.4, 0.5) is 5.95 Å². The number of hydrogen-bond donors (Lipinski definition) is 0. The van der Waals surface area contributed by atoms with Gasteiger partial charge in [0.15, 0.2) is 11.5 Å². The highest BCUT2D eigenvalue weighted by atomic mass is 16.5. The first-order valence-electron chi connectivity index (χ1n) is 12.5. The van der Waals surface area contributed by atoms with Crippen LogP contribution >= 0.6 is 0 Å². The number of fused-ring (bicyclic) bond motifs is 3. The smallest absolute Gasteiger partial charge is 0.254 e. The third kappa shape index (κ3) is 4.14. The highest BCUT2D eigenvalue weighted by molar-refractivity contribution is 5.95. The number of nitrogens with zero attached hydrogens (tertiary/aromatic N) is 6. The van der Waals surface area contributed by atoms with Crippen molar-refractivity contribution < 1.29 is 9.53 Å². The van der Waals surface area contributed by atoms with E-state index < -0.39 is 0 Å². The fourth-order valence-corrected chi connectivity index (χ4v) is 5.04. The zero-order chi connectivity index (χ0) is 25.4. The molecule has 0 spiro atoms. The standard InChI is InChI=1S/C29H28N6O2/c1-20-9-3-4-12-23(20)26-31-32-27-24-13-5-6-14-25(24)30-29(35(26)27)34-16-8-15-33(17-18-34)28(36)21-10-7-11-22(19-21)37-2/h3-7,9-14,19H,8,15-18H2,1-2H3. The van der Waals surface area contributed by atoms with E-state index in [-0.39, 0.29) is 5.91 Å². The Morgan fingerprint density at radius 2 is 1.73 bits per heavy atom. The van der Waals surface area contributed by atoms with Gasteiger partial charge in [-0.25, -0.2) is 9.38 Å². The Balaban J connectivity index is 1.39. The first-order chi connectivity index (χ1) is 18.1. The van der Waals surface area contributed by atoms with Crippen LogP contribution in [0.3, 0.4) is 0 Å². The van der Waals surface area contributed by atoms with Gasteiger partial charge in [0.2, 0.25) is 5.95 Å². The van der Waals surface area contributed by atoms with Crippen LogP contribution in [0.25, 0.3) is 27.9 Å². The van der Waals surface area contributed by atoms with Crippen molar-refractivity contribution in [2.75, 3.05) is 38.2 Å². The maximum absolute atomic E-state index is 13.3. The van der Waals surface area contributed by atoms with E-state index in [1.54, 1.807) is 13.2 Å². The van der Waals surface area contributed by atoms with E-state index in [1.165, 1.54) is 0 Å². The predicted octanol–water partition coefficient (Wildman–Crippen LogP) is 4.61. The predicted molar refractivity (Wildman–Crippen MR) is 144 cm³/mol. The fraction of sp³-hybridized carbons (Fsp3) is 0.241. The average Bonchev–Trinajstić information content (AvgIpc) is 3.23. The van der Waals surface area contributed by atoms with Crippen molar-refractivity contribution >= 4 is 28.4 Å². The molecule has 0 unspecified atom stereocenters. The minimum Gasteiger partial charge on any atom is -0.497 e. The lowest BCUT2D eigenvalue weighted by Gasteiger charge is -2.24. The maximum Gasteiger partial charge on any atom is 0.254 e. The van der Waals surface area contributed by atoms with Crippen LogP contribution in [0.1, 0.15) is 22.3 Å². The zero-order valence-corrected chi connectivity index (χ0v) is 21.0. The molecule has 6 rings (SSSR count). The average molecular weight is 493 g/mol. The van der Waals surface area contributed by atoms with Crippen molar-refractivity contribution in [2.24, 2.45) is 0 Å². The zero-order valence-electron chi connectivity index (χ0n) is 21.0. The SMILES string of the molecule is COc1cccc(C(=O)N2CCCN(c3nc4ccccc4c4nnc(-c5ccccc5C)n34)CC2)c1. The summed E-state index contributed by atoms with van der Waals surface area (Å²) in [5, 5.41) is 10.2. The summed E-state index contributed by atoms with van der Waals surface area (Å²) in [5.41, 5.74) is 4.45. The molecule has 2 aromatic heterocycles. The molecule has 0 atom stereocenters. The molecule has 1 aliphatic heterocycles. The molecule has 8 heteroatoms. The number of para-hydroxylation sites is 1. The highest BCUT2D eigenvalue weighted by Gasteiger charge is 2.25. The number of amides is 1. The van der Waals surface area contributed by atoms with Crippen LogP contribution in [0.5, 0.6) is 5.75 Å². The van der Waals surface area contributed by atoms with Gasteiger partial charge < -0.3 is 14.5 Å². The molecular weight excluding hydrogens is 464 g/mol. The Morgan fingerprint density at radius 1 is 0.892 bits per heavy atom. The third-order valence-corrected chi connectivity index (χ3v) is 7.00. The first kappa shape index (κ1) is 23.0. The molecule has 0 radical (unpaired) electrons. The van der Waals surface area contributed by atoms with Crippen LogP contribution in [0.15, 0.2) is 72.8 Å². The largest absolute Gasteiger partial charge is 0.497 e. The summed E-state index contributed by atoms with van der Waals surface area (Å²) in [7, 11) is 1.61. The molecule has 1 saturated heterocycles. The summed E-state index contributed by atoms with van der Waals surface area (Å²) in [6, 6.07) is 23.6. The molecule has 37 heavy (non-hydrogen) atoms. The van der Waals surface area contributed by atoms with Crippen LogP contribution in [-0.2, 0) is 0 Å². The van der Waals surface area contributed by atoms with Gasteiger partial charge in [0.1, 0.15) is 5.75 Å². The van der Waals surface area contributed by atoms with Gasteiger partial charge in [-0.05, 0) is 49.2 Å². The molecule has 1 amide bonds. The molecular formula is C29H28N6O2. The second-order valence-corrected chi connectivity index (χ2v) is 9.29. The quantitative estimate of drug-likeness (QED) is 0.365. The number of benzene rings is 3. The van der Waals surface area contributed by atoms with E-state index in [4.69, 9.17) is 9.72 Å². The molecule has 1 fully saturated rings. The van der Waals surface area contributed by atoms with Gasteiger partial charge in [0.05, 0.1) is 12.6 Å². The van der Waals surface area contributed by atoms with Crippen molar-refractivity contribution in [2.45, 2.75) is 13.3 Å². The lowest BCUT2D eigenvalue weighted by atomic mass is 10.1. The molecule has 0 aliphatic carbocycles. The van der Waals surface area contributed by atoms with Gasteiger partial charge in [-0.15, -0.1) is 10.2 Å². The van der Waals surface area contributed by atoms with Crippen molar-refractivity contribution in [1.82, 2.24) is 24.5 Å². The van der Waals surface area contributed by atoms with Crippen LogP contribution in [0.2, 0.25) is 0 Å². The summed E-state index contributed by atoms with van der Waals surface area (Å²) in [6.45, 7) is 4.78. The number of carbonyl (C=O) groups excluding carboxylic acids is 1. The third-order valence-electron chi connectivity index (χ3n) is 7.00. The van der Waals surface area contributed by atoms with E-state index in [9.17, 15) is 4.79 Å². The Kier molecular flexibility index (Phi) is 5.92. The molecule has 8 nitrogen and oxygen atoms in total. The van der Waals surface area contributed by atoms with E-state index in [0.29, 0.717) is 30.9 Å². The van der Waals surface area contributed by atoms with Crippen molar-refractivity contribution in [3.8, 4) is 17.1 Å². The number of anilines is 1. The lowest BCUT2D eigenvalue weighted by Crippen LogP contribution is -2.36. The molecule has 186 valence electrons. The second kappa shape index (κ2) is 9.54. The Hall–Kier alpha value is -4.46. The van der Waals surface area contributed by atoms with Crippen molar-refractivity contribution in [3.63, 3.8) is 0 Å². The minimum absolute atomic E-state index is 0.0160. The number of carbonyl (C=O) groups is 1. The molecule has 1 aliphatic rings. The summed E-state index contributed by atoms with van der Waals surface area (Å²) >= 11 is 0. The Labute approximate surface area is 215 Å². The van der Waals surface area contributed by atoms with Crippen molar-refractivity contribution in [1.29, 1.82) is 0 Å². The normalized spacial score (nSPS) is 14.2. The number of hydrogen-bond acceptors (Lipinski definition) is 6. The molecule has 5 aromatic rings. The molecule has 3 aromatic carbocycles. The molecule has 0 N–H and O–H groups in total. The second-order valence-electron chi connectivity index (χ2n) is 9.29. The summed E-state index contributed by atoms with van der Waals surface area (Å²) in [4.78, 5) is 22.6. The van der Waals surface area contributed by atoms with Gasteiger partial charge in [0, 0.05) is 42.7 Å². The summed E-state index contributed by atoms with van der Waals surface area (Å²) in [6.07, 6.45) is 0.827. The number of aryl methyl sites for hydroxylation is 1. The van der Waals surface area contributed by atoms with E-state index in [1.807, 2.05) is 59.5 Å². The molecule has 3 heterocycles. The Bertz CT molecular complexity index is 1610. The first-order valence-corrected chi connectivity index (χ1v) is 12.5. The van der Waals surface area contributed by atoms with E-state index in [0.717, 1.165) is 52.4 Å². The topological polar surface area (TPSA) is 75.9 Å². The summed E-state index contributed by atoms with van der Waals surface area (Å²) in [5.74, 6) is 2.27.